The monoisotopic (exact) mass is 464 g/mol. The molecule has 0 saturated heterocycles. The number of hydrogen-bond acceptors (Lipinski definition) is 3. The third-order valence-electron chi connectivity index (χ3n) is 5.31. The second kappa shape index (κ2) is 8.16. The summed E-state index contributed by atoms with van der Waals surface area (Å²) >= 11 is 0. The van der Waals surface area contributed by atoms with E-state index in [4.69, 9.17) is 4.18 Å². The normalized spacial score (nSPS) is 13.1. The topological polar surface area (TPSA) is 43.4 Å². The standard InChI is InChI=1S/C23H23F3O3SSi/c1-22(2,3)31(18-12-6-4-7-13-18,19-14-8-5-9-15-19)21-17-11-10-16-20(21)29-30(27,28)23(24,25)26/h4-17H,1-3H3. The fraction of sp³-hybridized carbons (Fsp3) is 0.217. The molecule has 0 amide bonds. The second-order valence-corrected chi connectivity index (χ2v) is 14.4. The predicted octanol–water partition coefficient (Wildman–Crippen LogP) is 4.19. The lowest BCUT2D eigenvalue weighted by Crippen LogP contribution is -2.72. The molecule has 0 bridgehead atoms. The van der Waals surface area contributed by atoms with Gasteiger partial charge >= 0.3 is 15.6 Å². The fourth-order valence-electron chi connectivity index (χ4n) is 4.14. The predicted molar refractivity (Wildman–Crippen MR) is 119 cm³/mol. The molecule has 31 heavy (non-hydrogen) atoms. The second-order valence-electron chi connectivity index (χ2n) is 8.21. The molecule has 0 spiro atoms. The van der Waals surface area contributed by atoms with E-state index in [1.54, 1.807) is 12.1 Å². The zero-order valence-electron chi connectivity index (χ0n) is 17.3. The third kappa shape index (κ3) is 4.14. The van der Waals surface area contributed by atoms with Crippen molar-refractivity contribution in [2.45, 2.75) is 31.3 Å². The smallest absolute Gasteiger partial charge is 0.376 e. The summed E-state index contributed by atoms with van der Waals surface area (Å²) in [6.45, 7) is 6.07. The van der Waals surface area contributed by atoms with Gasteiger partial charge in [-0.05, 0) is 26.7 Å². The Labute approximate surface area is 181 Å². The van der Waals surface area contributed by atoms with E-state index < -0.39 is 28.7 Å². The van der Waals surface area contributed by atoms with Crippen LogP contribution in [0, 0.1) is 0 Å². The zero-order valence-corrected chi connectivity index (χ0v) is 19.2. The molecule has 0 aromatic heterocycles. The molecule has 0 aliphatic heterocycles. The van der Waals surface area contributed by atoms with Crippen LogP contribution in [0.3, 0.4) is 0 Å². The Kier molecular flexibility index (Phi) is 6.08. The highest BCUT2D eigenvalue weighted by Crippen LogP contribution is 2.38. The van der Waals surface area contributed by atoms with Crippen LogP contribution in [0.1, 0.15) is 20.8 Å². The van der Waals surface area contributed by atoms with E-state index in [9.17, 15) is 21.6 Å². The van der Waals surface area contributed by atoms with Gasteiger partial charge in [0.2, 0.25) is 0 Å². The van der Waals surface area contributed by atoms with Crippen LogP contribution < -0.4 is 19.7 Å². The summed E-state index contributed by atoms with van der Waals surface area (Å²) < 4.78 is 67.9. The minimum atomic E-state index is -5.82. The largest absolute Gasteiger partial charge is 0.534 e. The molecule has 0 fully saturated rings. The van der Waals surface area contributed by atoms with E-state index in [0.717, 1.165) is 10.4 Å². The summed E-state index contributed by atoms with van der Waals surface area (Å²) in [6.07, 6.45) is 0. The Bertz CT molecular complexity index is 1100. The number of alkyl halides is 3. The fourth-order valence-corrected chi connectivity index (χ4v) is 10.4. The Morgan fingerprint density at radius 3 is 1.55 bits per heavy atom. The molecule has 0 saturated carbocycles. The first kappa shape index (κ1) is 23.1. The van der Waals surface area contributed by atoms with Crippen LogP contribution in [0.25, 0.3) is 0 Å². The molecule has 3 rings (SSSR count). The molecule has 3 nitrogen and oxygen atoms in total. The minimum Gasteiger partial charge on any atom is -0.376 e. The zero-order chi connectivity index (χ0) is 22.9. The van der Waals surface area contributed by atoms with Crippen molar-refractivity contribution in [1.82, 2.24) is 0 Å². The SMILES string of the molecule is CC(C)(C)[Si](c1ccccc1)(c1ccccc1)c1ccccc1OS(=O)(=O)C(F)(F)F. The molecule has 3 aromatic rings. The van der Waals surface area contributed by atoms with Gasteiger partial charge in [0.15, 0.2) is 8.07 Å². The van der Waals surface area contributed by atoms with E-state index in [1.807, 2.05) is 81.4 Å². The lowest BCUT2D eigenvalue weighted by atomic mass is 10.2. The van der Waals surface area contributed by atoms with Gasteiger partial charge in [0, 0.05) is 0 Å². The quantitative estimate of drug-likeness (QED) is 0.246. The van der Waals surface area contributed by atoms with E-state index in [0.29, 0.717) is 5.19 Å². The molecule has 0 N–H and O–H groups in total. The highest BCUT2D eigenvalue weighted by molar-refractivity contribution is 7.88. The summed E-state index contributed by atoms with van der Waals surface area (Å²) in [5, 5.41) is 1.90. The Morgan fingerprint density at radius 2 is 1.13 bits per heavy atom. The first-order valence-electron chi connectivity index (χ1n) is 9.62. The van der Waals surface area contributed by atoms with E-state index in [-0.39, 0.29) is 5.75 Å². The first-order valence-corrected chi connectivity index (χ1v) is 13.0. The van der Waals surface area contributed by atoms with Crippen molar-refractivity contribution in [2.75, 3.05) is 0 Å². The van der Waals surface area contributed by atoms with Crippen LogP contribution in [0.5, 0.6) is 5.75 Å². The lowest BCUT2D eigenvalue weighted by Gasteiger charge is -2.45. The highest BCUT2D eigenvalue weighted by Gasteiger charge is 2.53. The van der Waals surface area contributed by atoms with Gasteiger partial charge in [0.25, 0.3) is 0 Å². The maximum Gasteiger partial charge on any atom is 0.534 e. The number of rotatable bonds is 5. The highest BCUT2D eigenvalue weighted by atomic mass is 32.2. The Balaban J connectivity index is 2.41. The van der Waals surface area contributed by atoms with Gasteiger partial charge in [-0.1, -0.05) is 99.6 Å². The number of para-hydroxylation sites is 1. The number of halogens is 3. The number of benzene rings is 3. The maximum atomic E-state index is 13.1. The average molecular weight is 465 g/mol. The van der Waals surface area contributed by atoms with Gasteiger partial charge in [-0.2, -0.15) is 21.6 Å². The van der Waals surface area contributed by atoms with Gasteiger partial charge in [0.05, 0.1) is 0 Å². The Morgan fingerprint density at radius 1 is 0.710 bits per heavy atom. The molecule has 3 aromatic carbocycles. The molecule has 8 heteroatoms. The summed E-state index contributed by atoms with van der Waals surface area (Å²) in [4.78, 5) is 0. The summed E-state index contributed by atoms with van der Waals surface area (Å²) in [5.74, 6) is -0.297. The summed E-state index contributed by atoms with van der Waals surface area (Å²) in [7, 11) is -8.91. The van der Waals surface area contributed by atoms with Crippen LogP contribution in [0.4, 0.5) is 13.2 Å². The van der Waals surface area contributed by atoms with Crippen molar-refractivity contribution < 1.29 is 25.8 Å². The third-order valence-corrected chi connectivity index (χ3v) is 12.1. The molecule has 0 unspecified atom stereocenters. The van der Waals surface area contributed by atoms with Gasteiger partial charge in [0.1, 0.15) is 5.75 Å². The molecule has 164 valence electrons. The van der Waals surface area contributed by atoms with E-state index in [1.165, 1.54) is 12.1 Å². The van der Waals surface area contributed by atoms with Crippen molar-refractivity contribution in [3.8, 4) is 5.75 Å². The van der Waals surface area contributed by atoms with Crippen molar-refractivity contribution in [3.05, 3.63) is 84.9 Å². The van der Waals surface area contributed by atoms with Crippen LogP contribution in [0.2, 0.25) is 5.04 Å². The van der Waals surface area contributed by atoms with Crippen LogP contribution in [0.15, 0.2) is 84.9 Å². The molecular formula is C23H23F3O3SSi. The van der Waals surface area contributed by atoms with Crippen molar-refractivity contribution in [2.24, 2.45) is 0 Å². The van der Waals surface area contributed by atoms with E-state index in [2.05, 4.69) is 0 Å². The molecule has 0 atom stereocenters. The molecule has 0 radical (unpaired) electrons. The van der Waals surface area contributed by atoms with Gasteiger partial charge in [-0.25, -0.2) is 0 Å². The minimum absolute atomic E-state index is 0.297. The van der Waals surface area contributed by atoms with Crippen molar-refractivity contribution in [3.63, 3.8) is 0 Å². The van der Waals surface area contributed by atoms with Gasteiger partial charge in [-0.3, -0.25) is 0 Å². The maximum absolute atomic E-state index is 13.1. The molecular weight excluding hydrogens is 441 g/mol. The van der Waals surface area contributed by atoms with Crippen LogP contribution in [-0.4, -0.2) is 22.0 Å². The number of hydrogen-bond donors (Lipinski definition) is 0. The van der Waals surface area contributed by atoms with E-state index >= 15 is 0 Å². The Hall–Kier alpha value is -2.58. The van der Waals surface area contributed by atoms with Gasteiger partial charge < -0.3 is 4.18 Å². The molecule has 0 aliphatic carbocycles. The van der Waals surface area contributed by atoms with Crippen molar-refractivity contribution >= 4 is 33.8 Å². The average Bonchev–Trinajstić information content (AvgIpc) is 2.69. The van der Waals surface area contributed by atoms with Crippen LogP contribution in [-0.2, 0) is 10.1 Å². The summed E-state index contributed by atoms with van der Waals surface area (Å²) in [6, 6.07) is 25.2. The first-order chi connectivity index (χ1) is 14.4. The van der Waals surface area contributed by atoms with Crippen LogP contribution >= 0.6 is 0 Å². The molecule has 0 heterocycles. The molecule has 0 aliphatic rings. The summed E-state index contributed by atoms with van der Waals surface area (Å²) in [5.41, 5.74) is -5.52. The van der Waals surface area contributed by atoms with Crippen molar-refractivity contribution in [1.29, 1.82) is 0 Å². The lowest BCUT2D eigenvalue weighted by molar-refractivity contribution is -0.0499. The van der Waals surface area contributed by atoms with Gasteiger partial charge in [-0.15, -0.1) is 0 Å².